The summed E-state index contributed by atoms with van der Waals surface area (Å²) in [5.41, 5.74) is 6.24. The number of nitrogens with two attached hydrogens (primary N) is 2. The quantitative estimate of drug-likeness (QED) is 0.384. The molecule has 2 heterocycles. The highest BCUT2D eigenvalue weighted by molar-refractivity contribution is 7.10. The molecular weight excluding hydrogens is 330 g/mol. The number of hydrogen-bond donors (Lipinski definition) is 3. The molecule has 128 valence electrons. The van der Waals surface area contributed by atoms with Crippen LogP contribution in [0.4, 0.5) is 16.6 Å². The van der Waals surface area contributed by atoms with E-state index >= 15 is 0 Å². The van der Waals surface area contributed by atoms with E-state index in [0.717, 1.165) is 10.7 Å². The Balaban J connectivity index is 2.37. The first-order chi connectivity index (χ1) is 11.3. The van der Waals surface area contributed by atoms with Gasteiger partial charge in [-0.05, 0) is 30.4 Å². The van der Waals surface area contributed by atoms with Gasteiger partial charge in [0.25, 0.3) is 5.91 Å². The van der Waals surface area contributed by atoms with Crippen LogP contribution in [0.5, 0.6) is 0 Å². The van der Waals surface area contributed by atoms with Crippen LogP contribution < -0.4 is 21.9 Å². The molecule has 2 aromatic rings. The maximum Gasteiger partial charge on any atom is 0.271 e. The summed E-state index contributed by atoms with van der Waals surface area (Å²) in [6, 6.07) is 1.27. The molecule has 0 aliphatic rings. The van der Waals surface area contributed by atoms with Gasteiger partial charge in [-0.25, -0.2) is 15.8 Å². The third-order valence-corrected chi connectivity index (χ3v) is 3.97. The van der Waals surface area contributed by atoms with Crippen molar-refractivity contribution in [2.75, 3.05) is 10.3 Å². The van der Waals surface area contributed by atoms with Crippen LogP contribution in [0.15, 0.2) is 12.3 Å². The molecule has 1 amide bonds. The van der Waals surface area contributed by atoms with Gasteiger partial charge >= 0.3 is 0 Å². The largest absolute Gasteiger partial charge is 0.364 e. The maximum absolute atomic E-state index is 11.6. The lowest BCUT2D eigenvalue weighted by Gasteiger charge is -2.21. The zero-order valence-corrected chi connectivity index (χ0v) is 14.4. The zero-order chi connectivity index (χ0) is 17.9. The van der Waals surface area contributed by atoms with Gasteiger partial charge in [-0.1, -0.05) is 13.8 Å². The minimum Gasteiger partial charge on any atom is -0.364 e. The van der Waals surface area contributed by atoms with Gasteiger partial charge in [0.05, 0.1) is 17.9 Å². The van der Waals surface area contributed by atoms with Crippen molar-refractivity contribution in [1.82, 2.24) is 14.3 Å². The van der Waals surface area contributed by atoms with E-state index in [9.17, 15) is 9.59 Å². The molecule has 0 unspecified atom stereocenters. The van der Waals surface area contributed by atoms with Crippen molar-refractivity contribution in [3.63, 3.8) is 0 Å². The first kappa shape index (κ1) is 17.8. The molecule has 0 aliphatic carbocycles. The number of aromatic nitrogens is 3. The number of anilines is 3. The van der Waals surface area contributed by atoms with E-state index in [2.05, 4.69) is 19.7 Å². The summed E-state index contributed by atoms with van der Waals surface area (Å²) in [5.74, 6) is 5.77. The first-order valence-corrected chi connectivity index (χ1v) is 8.00. The molecule has 0 aromatic carbocycles. The monoisotopic (exact) mass is 349 g/mol. The van der Waals surface area contributed by atoms with Crippen molar-refractivity contribution in [2.45, 2.75) is 32.7 Å². The van der Waals surface area contributed by atoms with E-state index in [1.165, 1.54) is 17.7 Å². The molecule has 9 nitrogen and oxygen atoms in total. The third-order valence-electron chi connectivity index (χ3n) is 3.25. The van der Waals surface area contributed by atoms with Gasteiger partial charge in [0.2, 0.25) is 0 Å². The second-order valence-electron chi connectivity index (χ2n) is 5.47. The number of nitrogens with zero attached hydrogens (tertiary/aromatic N) is 4. The number of aldehydes is 1. The van der Waals surface area contributed by atoms with Crippen molar-refractivity contribution >= 4 is 40.4 Å². The summed E-state index contributed by atoms with van der Waals surface area (Å²) in [7, 11) is 0. The Hall–Kier alpha value is -2.59. The highest BCUT2D eigenvalue weighted by atomic mass is 32.1. The van der Waals surface area contributed by atoms with Crippen molar-refractivity contribution in [3.05, 3.63) is 23.7 Å². The predicted molar refractivity (Wildman–Crippen MR) is 92.2 cm³/mol. The molecule has 0 saturated heterocycles. The number of rotatable bonds is 7. The van der Waals surface area contributed by atoms with Crippen LogP contribution in [0, 0.1) is 0 Å². The molecule has 0 saturated carbocycles. The second kappa shape index (κ2) is 7.32. The van der Waals surface area contributed by atoms with Gasteiger partial charge in [0, 0.05) is 0 Å². The lowest BCUT2D eigenvalue weighted by Crippen LogP contribution is -2.41. The lowest BCUT2D eigenvalue weighted by molar-refractivity contribution is -0.108. The van der Waals surface area contributed by atoms with Gasteiger partial charge in [0.1, 0.15) is 11.3 Å². The van der Waals surface area contributed by atoms with Crippen LogP contribution >= 0.6 is 11.5 Å². The summed E-state index contributed by atoms with van der Waals surface area (Å²) >= 11 is 1.24. The van der Waals surface area contributed by atoms with E-state index in [1.54, 1.807) is 6.92 Å². The molecule has 10 heteroatoms. The van der Waals surface area contributed by atoms with Crippen LogP contribution in [-0.2, 0) is 4.79 Å². The van der Waals surface area contributed by atoms with Crippen molar-refractivity contribution in [1.29, 1.82) is 0 Å². The number of amides is 1. The molecule has 0 bridgehead atoms. The van der Waals surface area contributed by atoms with Gasteiger partial charge in [-0.2, -0.15) is 4.37 Å². The minimum absolute atomic E-state index is 0.0228. The SMILES string of the molecule is CC(C)c1cc(Nc2nc(N(N)[C@H](C)C=O)cnc2C(N)=O)sn1. The highest BCUT2D eigenvalue weighted by Crippen LogP contribution is 2.26. The van der Waals surface area contributed by atoms with Crippen molar-refractivity contribution in [2.24, 2.45) is 11.6 Å². The van der Waals surface area contributed by atoms with Crippen LogP contribution in [-0.4, -0.2) is 32.6 Å². The second-order valence-corrected chi connectivity index (χ2v) is 6.27. The molecule has 24 heavy (non-hydrogen) atoms. The Labute approximate surface area is 143 Å². The predicted octanol–water partition coefficient (Wildman–Crippen LogP) is 1.17. The van der Waals surface area contributed by atoms with Crippen LogP contribution in [0.2, 0.25) is 0 Å². The third kappa shape index (κ3) is 3.84. The summed E-state index contributed by atoms with van der Waals surface area (Å²) in [5, 5.41) is 4.84. The molecule has 0 fully saturated rings. The van der Waals surface area contributed by atoms with Gasteiger partial charge in [-0.3, -0.25) is 9.80 Å². The maximum atomic E-state index is 11.6. The van der Waals surface area contributed by atoms with Gasteiger partial charge in [0.15, 0.2) is 17.3 Å². The summed E-state index contributed by atoms with van der Waals surface area (Å²) in [4.78, 5) is 30.7. The topological polar surface area (TPSA) is 140 Å². The zero-order valence-electron chi connectivity index (χ0n) is 13.6. The number of hydrazine groups is 1. The van der Waals surface area contributed by atoms with E-state index in [1.807, 2.05) is 19.9 Å². The lowest BCUT2D eigenvalue weighted by atomic mass is 10.1. The number of nitrogens with one attached hydrogen (secondary N) is 1. The summed E-state index contributed by atoms with van der Waals surface area (Å²) in [6.45, 7) is 5.67. The number of hydrogen-bond acceptors (Lipinski definition) is 9. The Bertz CT molecular complexity index is 746. The Morgan fingerprint density at radius 3 is 2.67 bits per heavy atom. The van der Waals surface area contributed by atoms with Crippen LogP contribution in [0.3, 0.4) is 0 Å². The van der Waals surface area contributed by atoms with Crippen molar-refractivity contribution < 1.29 is 9.59 Å². The molecule has 2 rings (SSSR count). The fraction of sp³-hybridized carbons (Fsp3) is 0.357. The molecule has 0 radical (unpaired) electrons. The Morgan fingerprint density at radius 2 is 2.12 bits per heavy atom. The molecule has 5 N–H and O–H groups in total. The molecule has 0 spiro atoms. The number of carbonyl (C=O) groups excluding carboxylic acids is 2. The van der Waals surface area contributed by atoms with E-state index < -0.39 is 11.9 Å². The van der Waals surface area contributed by atoms with E-state index in [0.29, 0.717) is 11.3 Å². The van der Waals surface area contributed by atoms with Crippen LogP contribution in [0.1, 0.15) is 42.9 Å². The van der Waals surface area contributed by atoms with Crippen LogP contribution in [0.25, 0.3) is 0 Å². The number of carbonyl (C=O) groups is 2. The molecule has 0 aliphatic heterocycles. The Kier molecular flexibility index (Phi) is 5.42. The minimum atomic E-state index is -0.725. The number of primary amides is 1. The average Bonchev–Trinajstić information content (AvgIpc) is 3.01. The fourth-order valence-corrected chi connectivity index (χ4v) is 2.57. The van der Waals surface area contributed by atoms with Gasteiger partial charge < -0.3 is 15.8 Å². The summed E-state index contributed by atoms with van der Waals surface area (Å²) in [6.07, 6.45) is 1.96. The smallest absolute Gasteiger partial charge is 0.271 e. The van der Waals surface area contributed by atoms with Crippen molar-refractivity contribution in [3.8, 4) is 0 Å². The summed E-state index contributed by atoms with van der Waals surface area (Å²) < 4.78 is 4.32. The molecule has 2 aromatic heterocycles. The highest BCUT2D eigenvalue weighted by Gasteiger charge is 2.18. The standard InChI is InChI=1S/C14H19N7O2S/c1-7(2)9-4-11(24-20-9)19-14-12(13(15)23)17-5-10(18-14)21(16)8(3)6-22/h4-8H,16H2,1-3H3,(H2,15,23)(H,18,19)/t8-/m1/s1. The van der Waals surface area contributed by atoms with E-state index in [-0.39, 0.29) is 23.2 Å². The normalized spacial score (nSPS) is 12.0. The Morgan fingerprint density at radius 1 is 1.42 bits per heavy atom. The molecular formula is C14H19N7O2S. The average molecular weight is 349 g/mol. The fourth-order valence-electron chi connectivity index (χ4n) is 1.78. The van der Waals surface area contributed by atoms with E-state index in [4.69, 9.17) is 11.6 Å². The first-order valence-electron chi connectivity index (χ1n) is 7.23. The molecule has 1 atom stereocenters. The van der Waals surface area contributed by atoms with Gasteiger partial charge in [-0.15, -0.1) is 0 Å².